The van der Waals surface area contributed by atoms with E-state index < -0.39 is 0 Å². The van der Waals surface area contributed by atoms with Gasteiger partial charge in [0.25, 0.3) is 5.69 Å². The summed E-state index contributed by atoms with van der Waals surface area (Å²) in [5.74, 6) is 0.771. The van der Waals surface area contributed by atoms with E-state index in [9.17, 15) is 10.1 Å². The zero-order valence-corrected chi connectivity index (χ0v) is 13.1. The van der Waals surface area contributed by atoms with E-state index in [0.29, 0.717) is 23.2 Å². The lowest BCUT2D eigenvalue weighted by Crippen LogP contribution is -2.03. The average Bonchev–Trinajstić information content (AvgIpc) is 2.46. The maximum absolute atomic E-state index is 11.1. The van der Waals surface area contributed by atoms with Crippen LogP contribution in [0.2, 0.25) is 0 Å². The Balaban J connectivity index is 2.13. The Bertz CT molecular complexity index is 647. The predicted octanol–water partition coefficient (Wildman–Crippen LogP) is 4.37. The van der Waals surface area contributed by atoms with Crippen LogP contribution < -0.4 is 10.1 Å². The molecule has 0 aliphatic heterocycles. The fourth-order valence-electron chi connectivity index (χ4n) is 1.92. The molecule has 5 nitrogen and oxygen atoms in total. The summed E-state index contributed by atoms with van der Waals surface area (Å²) < 4.78 is 6.11. The first-order valence-electron chi connectivity index (χ1n) is 6.49. The second kappa shape index (κ2) is 7.08. The van der Waals surface area contributed by atoms with Gasteiger partial charge < -0.3 is 10.1 Å². The van der Waals surface area contributed by atoms with Crippen LogP contribution in [-0.4, -0.2) is 11.5 Å². The van der Waals surface area contributed by atoms with Gasteiger partial charge in [0, 0.05) is 34.4 Å². The number of nitro benzene ring substituents is 1. The lowest BCUT2D eigenvalue weighted by Gasteiger charge is -2.09. The van der Waals surface area contributed by atoms with Crippen molar-refractivity contribution in [2.75, 3.05) is 11.9 Å². The van der Waals surface area contributed by atoms with Crippen molar-refractivity contribution < 1.29 is 9.66 Å². The van der Waals surface area contributed by atoms with E-state index in [1.54, 1.807) is 12.1 Å². The SMILES string of the molecule is CCOc1cccc(NCc2ccc(Br)cc2[N+](=O)[O-])c1. The smallest absolute Gasteiger partial charge is 0.275 e. The van der Waals surface area contributed by atoms with Crippen LogP contribution in [0, 0.1) is 10.1 Å². The van der Waals surface area contributed by atoms with E-state index in [2.05, 4.69) is 21.2 Å². The van der Waals surface area contributed by atoms with Gasteiger partial charge in [-0.2, -0.15) is 0 Å². The third-order valence-corrected chi connectivity index (χ3v) is 3.37. The zero-order valence-electron chi connectivity index (χ0n) is 11.5. The van der Waals surface area contributed by atoms with Gasteiger partial charge in [0.1, 0.15) is 5.75 Å². The Labute approximate surface area is 131 Å². The van der Waals surface area contributed by atoms with Crippen LogP contribution in [-0.2, 0) is 6.54 Å². The molecule has 0 heterocycles. The third kappa shape index (κ3) is 4.19. The summed E-state index contributed by atoms with van der Waals surface area (Å²) in [5.41, 5.74) is 1.58. The largest absolute Gasteiger partial charge is 0.494 e. The Kier molecular flexibility index (Phi) is 5.16. The van der Waals surface area contributed by atoms with Gasteiger partial charge >= 0.3 is 0 Å². The van der Waals surface area contributed by atoms with Gasteiger partial charge in [0.15, 0.2) is 0 Å². The number of rotatable bonds is 6. The van der Waals surface area contributed by atoms with Crippen molar-refractivity contribution in [1.82, 2.24) is 0 Å². The fraction of sp³-hybridized carbons (Fsp3) is 0.200. The Morgan fingerprint density at radius 3 is 2.81 bits per heavy atom. The molecular formula is C15H15BrN2O3. The first-order chi connectivity index (χ1) is 10.1. The molecule has 6 heteroatoms. The average molecular weight is 351 g/mol. The summed E-state index contributed by atoms with van der Waals surface area (Å²) in [7, 11) is 0. The minimum atomic E-state index is -0.377. The summed E-state index contributed by atoms with van der Waals surface area (Å²) in [6.45, 7) is 2.89. The Morgan fingerprint density at radius 1 is 1.29 bits per heavy atom. The number of benzene rings is 2. The highest BCUT2D eigenvalue weighted by molar-refractivity contribution is 9.10. The van der Waals surface area contributed by atoms with Gasteiger partial charge in [-0.1, -0.05) is 22.0 Å². The van der Waals surface area contributed by atoms with Crippen molar-refractivity contribution in [1.29, 1.82) is 0 Å². The molecule has 0 aromatic heterocycles. The van der Waals surface area contributed by atoms with Gasteiger partial charge in [-0.15, -0.1) is 0 Å². The van der Waals surface area contributed by atoms with Gasteiger partial charge in [0.2, 0.25) is 0 Å². The monoisotopic (exact) mass is 350 g/mol. The van der Waals surface area contributed by atoms with Gasteiger partial charge in [-0.05, 0) is 31.2 Å². The van der Waals surface area contributed by atoms with Crippen molar-refractivity contribution in [2.45, 2.75) is 13.5 Å². The predicted molar refractivity (Wildman–Crippen MR) is 85.7 cm³/mol. The molecule has 0 unspecified atom stereocenters. The van der Waals surface area contributed by atoms with Crippen molar-refractivity contribution in [3.63, 3.8) is 0 Å². The van der Waals surface area contributed by atoms with Crippen LogP contribution in [0.25, 0.3) is 0 Å². The molecule has 110 valence electrons. The molecule has 0 saturated carbocycles. The van der Waals surface area contributed by atoms with Crippen molar-refractivity contribution in [3.8, 4) is 5.75 Å². The van der Waals surface area contributed by atoms with Crippen molar-refractivity contribution >= 4 is 27.3 Å². The highest BCUT2D eigenvalue weighted by Crippen LogP contribution is 2.25. The minimum absolute atomic E-state index is 0.0952. The fourth-order valence-corrected chi connectivity index (χ4v) is 2.27. The Hall–Kier alpha value is -2.08. The summed E-state index contributed by atoms with van der Waals surface area (Å²) in [5, 5.41) is 14.2. The first kappa shape index (κ1) is 15.3. The standard InChI is InChI=1S/C15H15BrN2O3/c1-2-21-14-5-3-4-13(9-14)17-10-11-6-7-12(16)8-15(11)18(19)20/h3-9,17H,2,10H2,1H3. The van der Waals surface area contributed by atoms with E-state index in [-0.39, 0.29) is 10.6 Å². The molecule has 0 fully saturated rings. The summed E-state index contributed by atoms with van der Waals surface area (Å²) >= 11 is 3.25. The van der Waals surface area contributed by atoms with E-state index in [1.807, 2.05) is 31.2 Å². The molecule has 2 rings (SSSR count). The van der Waals surface area contributed by atoms with Crippen molar-refractivity contribution in [2.24, 2.45) is 0 Å². The van der Waals surface area contributed by atoms with Crippen LogP contribution >= 0.6 is 15.9 Å². The highest BCUT2D eigenvalue weighted by Gasteiger charge is 2.13. The third-order valence-electron chi connectivity index (χ3n) is 2.87. The first-order valence-corrected chi connectivity index (χ1v) is 7.29. The number of halogens is 1. The molecule has 0 atom stereocenters. The van der Waals surface area contributed by atoms with Gasteiger partial charge in [0.05, 0.1) is 11.5 Å². The topological polar surface area (TPSA) is 64.4 Å². The number of nitrogens with zero attached hydrogens (tertiary/aromatic N) is 1. The molecule has 2 aromatic carbocycles. The lowest BCUT2D eigenvalue weighted by molar-refractivity contribution is -0.385. The van der Waals surface area contributed by atoms with Gasteiger partial charge in [-0.3, -0.25) is 10.1 Å². The zero-order chi connectivity index (χ0) is 15.2. The van der Waals surface area contributed by atoms with E-state index in [0.717, 1.165) is 11.4 Å². The van der Waals surface area contributed by atoms with Crippen LogP contribution in [0.15, 0.2) is 46.9 Å². The summed E-state index contributed by atoms with van der Waals surface area (Å²) in [6.07, 6.45) is 0. The van der Waals surface area contributed by atoms with Crippen LogP contribution in [0.3, 0.4) is 0 Å². The normalized spacial score (nSPS) is 10.2. The second-order valence-electron chi connectivity index (χ2n) is 4.34. The van der Waals surface area contributed by atoms with Crippen LogP contribution in [0.4, 0.5) is 11.4 Å². The Morgan fingerprint density at radius 2 is 2.10 bits per heavy atom. The van der Waals surface area contributed by atoms with E-state index in [4.69, 9.17) is 4.74 Å². The maximum atomic E-state index is 11.1. The molecule has 1 N–H and O–H groups in total. The second-order valence-corrected chi connectivity index (χ2v) is 5.26. The summed E-state index contributed by atoms with van der Waals surface area (Å²) in [6, 6.07) is 12.6. The molecule has 0 aliphatic carbocycles. The number of nitrogens with one attached hydrogen (secondary N) is 1. The maximum Gasteiger partial charge on any atom is 0.275 e. The molecule has 0 bridgehead atoms. The molecule has 0 aliphatic rings. The molecule has 21 heavy (non-hydrogen) atoms. The molecule has 0 spiro atoms. The number of hydrogen-bond donors (Lipinski definition) is 1. The molecule has 0 radical (unpaired) electrons. The van der Waals surface area contributed by atoms with E-state index >= 15 is 0 Å². The van der Waals surface area contributed by atoms with E-state index in [1.165, 1.54) is 6.07 Å². The lowest BCUT2D eigenvalue weighted by atomic mass is 10.1. The molecular weight excluding hydrogens is 336 g/mol. The van der Waals surface area contributed by atoms with Gasteiger partial charge in [-0.25, -0.2) is 0 Å². The highest BCUT2D eigenvalue weighted by atomic mass is 79.9. The number of ether oxygens (including phenoxy) is 1. The molecule has 0 amide bonds. The molecule has 0 saturated heterocycles. The van der Waals surface area contributed by atoms with Crippen LogP contribution in [0.5, 0.6) is 5.75 Å². The number of anilines is 1. The van der Waals surface area contributed by atoms with Crippen molar-refractivity contribution in [3.05, 3.63) is 62.6 Å². The number of nitro groups is 1. The summed E-state index contributed by atoms with van der Waals surface area (Å²) in [4.78, 5) is 10.7. The minimum Gasteiger partial charge on any atom is -0.494 e. The quantitative estimate of drug-likeness (QED) is 0.620. The number of hydrogen-bond acceptors (Lipinski definition) is 4. The molecule has 2 aromatic rings. The van der Waals surface area contributed by atoms with Crippen LogP contribution in [0.1, 0.15) is 12.5 Å².